The van der Waals surface area contributed by atoms with Crippen LogP contribution in [0.5, 0.6) is 0 Å². The predicted molar refractivity (Wildman–Crippen MR) is 106 cm³/mol. The van der Waals surface area contributed by atoms with Gasteiger partial charge in [-0.2, -0.15) is 0 Å². The lowest BCUT2D eigenvalue weighted by Gasteiger charge is -2.28. The smallest absolute Gasteiger partial charge is 0.254 e. The number of hydrogen-bond donors (Lipinski definition) is 2. The number of aryl methyl sites for hydroxylation is 1. The molecule has 7 heteroatoms. The summed E-state index contributed by atoms with van der Waals surface area (Å²) >= 11 is 0. The summed E-state index contributed by atoms with van der Waals surface area (Å²) in [4.78, 5) is 26.6. The van der Waals surface area contributed by atoms with E-state index in [0.29, 0.717) is 12.6 Å². The summed E-state index contributed by atoms with van der Waals surface area (Å²) in [6.07, 6.45) is 2.27. The molecule has 0 spiro atoms. The maximum Gasteiger partial charge on any atom is 0.254 e. The number of benzene rings is 2. The van der Waals surface area contributed by atoms with Crippen molar-refractivity contribution in [3.63, 3.8) is 0 Å². The highest BCUT2D eigenvalue weighted by Gasteiger charge is 2.24. The van der Waals surface area contributed by atoms with Gasteiger partial charge < -0.3 is 10.6 Å². The van der Waals surface area contributed by atoms with E-state index in [-0.39, 0.29) is 24.1 Å². The minimum absolute atomic E-state index is 0.0623. The molecular formula is C22H25F2N3O2. The Balaban J connectivity index is 1.55. The zero-order chi connectivity index (χ0) is 20.8. The number of carbonyl (C=O) groups is 2. The van der Waals surface area contributed by atoms with Gasteiger partial charge in [0.1, 0.15) is 11.6 Å². The van der Waals surface area contributed by atoms with Crippen LogP contribution in [-0.2, 0) is 4.79 Å². The first-order chi connectivity index (χ1) is 13.9. The van der Waals surface area contributed by atoms with Crippen LogP contribution in [-0.4, -0.2) is 42.9 Å². The molecule has 29 heavy (non-hydrogen) atoms. The first-order valence-corrected chi connectivity index (χ1v) is 9.74. The summed E-state index contributed by atoms with van der Waals surface area (Å²) < 4.78 is 26.6. The highest BCUT2D eigenvalue weighted by molar-refractivity contribution is 5.96. The molecule has 154 valence electrons. The van der Waals surface area contributed by atoms with Gasteiger partial charge in [0, 0.05) is 12.6 Å². The SMILES string of the molecule is Cc1ccc(C(CNC(=O)CNC(=O)c2ccc(F)cc2F)N2CCCC2)cc1. The second-order valence-electron chi connectivity index (χ2n) is 7.28. The molecule has 1 aliphatic rings. The molecule has 2 N–H and O–H groups in total. The summed E-state index contributed by atoms with van der Waals surface area (Å²) in [6.45, 7) is 4.13. The van der Waals surface area contributed by atoms with Gasteiger partial charge in [0.25, 0.3) is 5.91 Å². The Hall–Kier alpha value is -2.80. The van der Waals surface area contributed by atoms with Gasteiger partial charge in [0.05, 0.1) is 18.2 Å². The van der Waals surface area contributed by atoms with Crippen LogP contribution in [0.4, 0.5) is 8.78 Å². The zero-order valence-electron chi connectivity index (χ0n) is 16.4. The Morgan fingerprint density at radius 1 is 1.03 bits per heavy atom. The number of nitrogens with zero attached hydrogens (tertiary/aromatic N) is 1. The van der Waals surface area contributed by atoms with E-state index in [1.807, 2.05) is 6.92 Å². The first kappa shape index (κ1) is 20.9. The molecule has 2 aromatic rings. The molecule has 3 rings (SSSR count). The molecule has 1 fully saturated rings. The van der Waals surface area contributed by atoms with Crippen LogP contribution in [0.3, 0.4) is 0 Å². The van der Waals surface area contributed by atoms with Crippen LogP contribution in [0.15, 0.2) is 42.5 Å². The zero-order valence-corrected chi connectivity index (χ0v) is 16.4. The lowest BCUT2D eigenvalue weighted by atomic mass is 10.0. The summed E-state index contributed by atoms with van der Waals surface area (Å²) in [5, 5.41) is 5.23. The topological polar surface area (TPSA) is 61.4 Å². The summed E-state index contributed by atoms with van der Waals surface area (Å²) in [5.41, 5.74) is 2.01. The van der Waals surface area contributed by atoms with Crippen molar-refractivity contribution in [2.75, 3.05) is 26.2 Å². The van der Waals surface area contributed by atoms with Crippen molar-refractivity contribution in [1.82, 2.24) is 15.5 Å². The Labute approximate surface area is 169 Å². The maximum absolute atomic E-state index is 13.7. The molecule has 0 radical (unpaired) electrons. The third-order valence-corrected chi connectivity index (χ3v) is 5.12. The number of hydrogen-bond acceptors (Lipinski definition) is 3. The van der Waals surface area contributed by atoms with Crippen LogP contribution >= 0.6 is 0 Å². The summed E-state index contributed by atoms with van der Waals surface area (Å²) in [6, 6.07) is 11.0. The molecule has 0 bridgehead atoms. The van der Waals surface area contributed by atoms with Crippen molar-refractivity contribution in [2.45, 2.75) is 25.8 Å². The van der Waals surface area contributed by atoms with Gasteiger partial charge in [-0.25, -0.2) is 8.78 Å². The molecular weight excluding hydrogens is 376 g/mol. The minimum Gasteiger partial charge on any atom is -0.353 e. The van der Waals surface area contributed by atoms with Gasteiger partial charge in [0.15, 0.2) is 0 Å². The van der Waals surface area contributed by atoms with Gasteiger partial charge in [-0.05, 0) is 50.6 Å². The Morgan fingerprint density at radius 2 is 1.72 bits per heavy atom. The van der Waals surface area contributed by atoms with E-state index in [4.69, 9.17) is 0 Å². The van der Waals surface area contributed by atoms with Crippen LogP contribution in [0, 0.1) is 18.6 Å². The number of carbonyl (C=O) groups excluding carboxylic acids is 2. The molecule has 0 saturated carbocycles. The fraction of sp³-hybridized carbons (Fsp3) is 0.364. The van der Waals surface area contributed by atoms with E-state index in [0.717, 1.165) is 43.6 Å². The number of nitrogens with one attached hydrogen (secondary N) is 2. The molecule has 1 aliphatic heterocycles. The lowest BCUT2D eigenvalue weighted by molar-refractivity contribution is -0.120. The molecule has 1 unspecified atom stereocenters. The normalized spacial score (nSPS) is 15.1. The fourth-order valence-corrected chi connectivity index (χ4v) is 3.50. The first-order valence-electron chi connectivity index (χ1n) is 9.74. The predicted octanol–water partition coefficient (Wildman–Crippen LogP) is 2.96. The van der Waals surface area contributed by atoms with Crippen molar-refractivity contribution in [3.8, 4) is 0 Å². The van der Waals surface area contributed by atoms with Crippen molar-refractivity contribution in [2.24, 2.45) is 0 Å². The monoisotopic (exact) mass is 401 g/mol. The third kappa shape index (κ3) is 5.60. The van der Waals surface area contributed by atoms with Crippen molar-refractivity contribution < 1.29 is 18.4 Å². The van der Waals surface area contributed by atoms with Crippen molar-refractivity contribution in [1.29, 1.82) is 0 Å². The second kappa shape index (κ2) is 9.60. The molecule has 1 saturated heterocycles. The van der Waals surface area contributed by atoms with Crippen LogP contribution in [0.1, 0.15) is 40.4 Å². The number of amides is 2. The van der Waals surface area contributed by atoms with Crippen LogP contribution in [0.25, 0.3) is 0 Å². The van der Waals surface area contributed by atoms with E-state index >= 15 is 0 Å². The van der Waals surface area contributed by atoms with Crippen LogP contribution < -0.4 is 10.6 Å². The quantitative estimate of drug-likeness (QED) is 0.750. The van der Waals surface area contributed by atoms with E-state index in [9.17, 15) is 18.4 Å². The number of halogens is 2. The second-order valence-corrected chi connectivity index (χ2v) is 7.28. The van der Waals surface area contributed by atoms with Gasteiger partial charge in [-0.15, -0.1) is 0 Å². The molecule has 5 nitrogen and oxygen atoms in total. The largest absolute Gasteiger partial charge is 0.353 e. The molecule has 0 aromatic heterocycles. The van der Waals surface area contributed by atoms with E-state index < -0.39 is 17.5 Å². The summed E-state index contributed by atoms with van der Waals surface area (Å²) in [7, 11) is 0. The molecule has 1 atom stereocenters. The highest BCUT2D eigenvalue weighted by Crippen LogP contribution is 2.24. The van der Waals surface area contributed by atoms with Crippen molar-refractivity contribution >= 4 is 11.8 Å². The molecule has 1 heterocycles. The van der Waals surface area contributed by atoms with Crippen molar-refractivity contribution in [3.05, 3.63) is 70.8 Å². The molecule has 2 aromatic carbocycles. The Kier molecular flexibility index (Phi) is 6.93. The van der Waals surface area contributed by atoms with Gasteiger partial charge in [-0.1, -0.05) is 29.8 Å². The van der Waals surface area contributed by atoms with E-state index in [2.05, 4.69) is 39.8 Å². The molecule has 2 amide bonds. The average Bonchev–Trinajstić information content (AvgIpc) is 3.22. The highest BCUT2D eigenvalue weighted by atomic mass is 19.1. The van der Waals surface area contributed by atoms with Gasteiger partial charge in [0.2, 0.25) is 5.91 Å². The maximum atomic E-state index is 13.7. The van der Waals surface area contributed by atoms with E-state index in [1.54, 1.807) is 0 Å². The number of likely N-dealkylation sites (tertiary alicyclic amines) is 1. The average molecular weight is 401 g/mol. The van der Waals surface area contributed by atoms with E-state index in [1.165, 1.54) is 5.56 Å². The number of rotatable bonds is 7. The standard InChI is InChI=1S/C22H25F2N3O2/c1-15-4-6-16(7-5-15)20(27-10-2-3-11-27)13-25-21(28)14-26-22(29)18-9-8-17(23)12-19(18)24/h4-9,12,20H,2-3,10-11,13-14H2,1H3,(H,25,28)(H,26,29). The molecule has 0 aliphatic carbocycles. The Morgan fingerprint density at radius 3 is 2.38 bits per heavy atom. The van der Waals surface area contributed by atoms with Gasteiger partial charge in [-0.3, -0.25) is 14.5 Å². The van der Waals surface area contributed by atoms with Crippen LogP contribution in [0.2, 0.25) is 0 Å². The fourth-order valence-electron chi connectivity index (χ4n) is 3.50. The van der Waals surface area contributed by atoms with Gasteiger partial charge >= 0.3 is 0 Å². The minimum atomic E-state index is -0.962. The lowest BCUT2D eigenvalue weighted by Crippen LogP contribution is -2.41. The Bertz CT molecular complexity index is 865. The summed E-state index contributed by atoms with van der Waals surface area (Å²) in [5.74, 6) is -2.85. The third-order valence-electron chi connectivity index (χ3n) is 5.12.